The molecule has 152 valence electrons. The maximum Gasteiger partial charge on any atom is 0.409 e. The highest BCUT2D eigenvalue weighted by Crippen LogP contribution is 2.12. The van der Waals surface area contributed by atoms with E-state index in [0.29, 0.717) is 25.7 Å². The number of methoxy groups -OCH3 is 1. The van der Waals surface area contributed by atoms with Crippen LogP contribution in [0.25, 0.3) is 0 Å². The third-order valence-electron chi connectivity index (χ3n) is 4.45. The summed E-state index contributed by atoms with van der Waals surface area (Å²) >= 11 is 0. The molecule has 0 saturated carbocycles. The molecule has 0 unspecified atom stereocenters. The van der Waals surface area contributed by atoms with Crippen molar-refractivity contribution < 1.29 is 14.3 Å². The number of hydrogen-bond acceptors (Lipinski definition) is 4. The minimum Gasteiger partial charge on any atom is -0.497 e. The molecule has 7 nitrogen and oxygen atoms in total. The summed E-state index contributed by atoms with van der Waals surface area (Å²) in [6, 6.07) is 8.40. The van der Waals surface area contributed by atoms with E-state index in [9.17, 15) is 4.79 Å². The highest BCUT2D eigenvalue weighted by Gasteiger charge is 2.23. The second-order valence-corrected chi connectivity index (χ2v) is 6.20. The maximum absolute atomic E-state index is 11.7. The van der Waals surface area contributed by atoms with Crippen LogP contribution in [0.5, 0.6) is 5.75 Å². The highest BCUT2D eigenvalue weighted by atomic mass is 127. The van der Waals surface area contributed by atoms with Crippen LogP contribution in [0.1, 0.15) is 25.3 Å². The SMILES string of the molecule is CCOC(=O)N1CCC(NC(=NC)NCCc2ccc(OC)cc2)CC1.I. The summed E-state index contributed by atoms with van der Waals surface area (Å²) in [4.78, 5) is 17.8. The molecule has 1 aliphatic rings. The molecule has 1 aromatic carbocycles. The standard InChI is InChI=1S/C19H30N4O3.HI/c1-4-26-19(24)23-13-10-16(11-14-23)22-18(20-2)21-12-9-15-5-7-17(25-3)8-6-15;/h5-8,16H,4,9-14H2,1-3H3,(H2,20,21,22);1H. The molecule has 8 heteroatoms. The molecule has 1 heterocycles. The molecule has 0 bridgehead atoms. The van der Waals surface area contributed by atoms with E-state index in [-0.39, 0.29) is 30.1 Å². The molecule has 0 radical (unpaired) electrons. The van der Waals surface area contributed by atoms with Gasteiger partial charge in [-0.15, -0.1) is 24.0 Å². The fourth-order valence-electron chi connectivity index (χ4n) is 2.93. The van der Waals surface area contributed by atoms with Gasteiger partial charge < -0.3 is 25.0 Å². The number of carbonyl (C=O) groups excluding carboxylic acids is 1. The Kier molecular flexibility index (Phi) is 10.9. The van der Waals surface area contributed by atoms with Crippen LogP contribution in [-0.2, 0) is 11.2 Å². The van der Waals surface area contributed by atoms with Gasteiger partial charge in [0, 0.05) is 32.7 Å². The van der Waals surface area contributed by atoms with Crippen molar-refractivity contribution in [2.45, 2.75) is 32.2 Å². The number of guanidine groups is 1. The van der Waals surface area contributed by atoms with E-state index in [2.05, 4.69) is 27.8 Å². The lowest BCUT2D eigenvalue weighted by molar-refractivity contribution is 0.0963. The van der Waals surface area contributed by atoms with Gasteiger partial charge in [0.05, 0.1) is 13.7 Å². The topological polar surface area (TPSA) is 75.2 Å². The molecule has 1 saturated heterocycles. The number of benzene rings is 1. The minimum atomic E-state index is -0.215. The minimum absolute atomic E-state index is 0. The summed E-state index contributed by atoms with van der Waals surface area (Å²) in [5.41, 5.74) is 1.25. The number of ether oxygens (including phenoxy) is 2. The lowest BCUT2D eigenvalue weighted by Gasteiger charge is -2.32. The number of rotatable bonds is 6. The molecule has 1 amide bonds. The van der Waals surface area contributed by atoms with Crippen molar-refractivity contribution in [1.82, 2.24) is 15.5 Å². The van der Waals surface area contributed by atoms with Crippen LogP contribution >= 0.6 is 24.0 Å². The van der Waals surface area contributed by atoms with Crippen molar-refractivity contribution >= 4 is 36.0 Å². The van der Waals surface area contributed by atoms with Gasteiger partial charge in [0.15, 0.2) is 5.96 Å². The van der Waals surface area contributed by atoms with E-state index >= 15 is 0 Å². The molecule has 1 aliphatic heterocycles. The Hall–Kier alpha value is -1.71. The van der Waals surface area contributed by atoms with Gasteiger partial charge in [0.1, 0.15) is 5.75 Å². The molecular weight excluding hydrogens is 459 g/mol. The van der Waals surface area contributed by atoms with Gasteiger partial charge in [-0.3, -0.25) is 4.99 Å². The van der Waals surface area contributed by atoms with E-state index in [4.69, 9.17) is 9.47 Å². The van der Waals surface area contributed by atoms with Gasteiger partial charge >= 0.3 is 6.09 Å². The van der Waals surface area contributed by atoms with E-state index < -0.39 is 0 Å². The van der Waals surface area contributed by atoms with Gasteiger partial charge in [0.25, 0.3) is 0 Å². The summed E-state index contributed by atoms with van der Waals surface area (Å²) < 4.78 is 10.2. The fourth-order valence-corrected chi connectivity index (χ4v) is 2.93. The largest absolute Gasteiger partial charge is 0.497 e. The molecular formula is C19H31IN4O3. The smallest absolute Gasteiger partial charge is 0.409 e. The average Bonchev–Trinajstić information content (AvgIpc) is 2.68. The van der Waals surface area contributed by atoms with Crippen LogP contribution in [0.4, 0.5) is 4.79 Å². The summed E-state index contributed by atoms with van der Waals surface area (Å²) in [7, 11) is 3.44. The van der Waals surface area contributed by atoms with E-state index in [0.717, 1.165) is 37.5 Å². The Morgan fingerprint density at radius 1 is 1.26 bits per heavy atom. The monoisotopic (exact) mass is 490 g/mol. The second-order valence-electron chi connectivity index (χ2n) is 6.20. The molecule has 2 rings (SSSR count). The van der Waals surface area contributed by atoms with Crippen LogP contribution in [-0.4, -0.2) is 63.4 Å². The number of nitrogens with zero attached hydrogens (tertiary/aromatic N) is 2. The highest BCUT2D eigenvalue weighted by molar-refractivity contribution is 14.0. The summed E-state index contributed by atoms with van der Waals surface area (Å²) in [6.45, 7) is 4.46. The molecule has 2 N–H and O–H groups in total. The number of amides is 1. The maximum atomic E-state index is 11.7. The van der Waals surface area contributed by atoms with Crippen LogP contribution in [0.15, 0.2) is 29.3 Å². The lowest BCUT2D eigenvalue weighted by Crippen LogP contribution is -2.50. The molecule has 0 aromatic heterocycles. The van der Waals surface area contributed by atoms with Gasteiger partial charge in [-0.2, -0.15) is 0 Å². The normalized spacial score (nSPS) is 14.9. The van der Waals surface area contributed by atoms with Crippen molar-refractivity contribution in [1.29, 1.82) is 0 Å². The number of aliphatic imine (C=N–C) groups is 1. The molecule has 0 atom stereocenters. The van der Waals surface area contributed by atoms with Gasteiger partial charge in [-0.1, -0.05) is 12.1 Å². The first-order chi connectivity index (χ1) is 12.7. The quantitative estimate of drug-likeness (QED) is 0.365. The second kappa shape index (κ2) is 12.6. The number of likely N-dealkylation sites (tertiary alicyclic amines) is 1. The molecule has 1 aromatic rings. The first-order valence-corrected chi connectivity index (χ1v) is 9.18. The molecule has 1 fully saturated rings. The van der Waals surface area contributed by atoms with Crippen LogP contribution in [0, 0.1) is 0 Å². The van der Waals surface area contributed by atoms with Gasteiger partial charge in [-0.25, -0.2) is 4.79 Å². The first-order valence-electron chi connectivity index (χ1n) is 9.18. The number of halogens is 1. The molecule has 27 heavy (non-hydrogen) atoms. The van der Waals surface area contributed by atoms with Crippen molar-refractivity contribution in [3.05, 3.63) is 29.8 Å². The summed E-state index contributed by atoms with van der Waals surface area (Å²) in [6.07, 6.45) is 2.47. The summed E-state index contributed by atoms with van der Waals surface area (Å²) in [5, 5.41) is 6.79. The zero-order chi connectivity index (χ0) is 18.8. The lowest BCUT2D eigenvalue weighted by atomic mass is 10.1. The van der Waals surface area contributed by atoms with Crippen molar-refractivity contribution in [2.24, 2.45) is 4.99 Å². The Labute approximate surface area is 178 Å². The number of hydrogen-bond donors (Lipinski definition) is 2. The van der Waals surface area contributed by atoms with Crippen molar-refractivity contribution in [3.8, 4) is 5.75 Å². The van der Waals surface area contributed by atoms with E-state index in [1.54, 1.807) is 19.1 Å². The Morgan fingerprint density at radius 3 is 2.48 bits per heavy atom. The third kappa shape index (κ3) is 7.82. The van der Waals surface area contributed by atoms with E-state index in [1.165, 1.54) is 5.56 Å². The zero-order valence-electron chi connectivity index (χ0n) is 16.4. The van der Waals surface area contributed by atoms with Crippen LogP contribution in [0.3, 0.4) is 0 Å². The number of piperidine rings is 1. The zero-order valence-corrected chi connectivity index (χ0v) is 18.7. The molecule has 0 spiro atoms. The third-order valence-corrected chi connectivity index (χ3v) is 4.45. The Morgan fingerprint density at radius 2 is 1.93 bits per heavy atom. The fraction of sp³-hybridized carbons (Fsp3) is 0.579. The average molecular weight is 490 g/mol. The summed E-state index contributed by atoms with van der Waals surface area (Å²) in [5.74, 6) is 1.67. The van der Waals surface area contributed by atoms with Crippen LogP contribution < -0.4 is 15.4 Å². The number of carbonyl (C=O) groups is 1. The van der Waals surface area contributed by atoms with Gasteiger partial charge in [0.2, 0.25) is 0 Å². The van der Waals surface area contributed by atoms with Crippen LogP contribution in [0.2, 0.25) is 0 Å². The van der Waals surface area contributed by atoms with Gasteiger partial charge in [-0.05, 0) is 43.9 Å². The Bertz CT molecular complexity index is 587. The molecule has 0 aliphatic carbocycles. The predicted molar refractivity (Wildman–Crippen MR) is 118 cm³/mol. The predicted octanol–water partition coefficient (Wildman–Crippen LogP) is 2.64. The number of nitrogens with one attached hydrogen (secondary N) is 2. The van der Waals surface area contributed by atoms with Crippen molar-refractivity contribution in [3.63, 3.8) is 0 Å². The Balaban J connectivity index is 0.00000364. The van der Waals surface area contributed by atoms with Crippen molar-refractivity contribution in [2.75, 3.05) is 40.4 Å². The first kappa shape index (κ1) is 23.3. The van der Waals surface area contributed by atoms with E-state index in [1.807, 2.05) is 19.1 Å².